The van der Waals surface area contributed by atoms with E-state index in [2.05, 4.69) is 16.0 Å². The molecule has 6 heteroatoms. The van der Waals surface area contributed by atoms with E-state index < -0.39 is 11.8 Å². The standard InChI is InChI=1S/C20H22FN3O2/c21-15-5-4-8-18(13-15)24-20(26)23-17-11-9-14(10-12-17)19(25)22-16-6-2-1-3-7-16/h4-5,8-13,16H,1-3,6-7H2,(H,22,25)(H2,23,24,26). The van der Waals surface area contributed by atoms with Gasteiger partial charge in [-0.15, -0.1) is 0 Å². The molecule has 0 aliphatic heterocycles. The lowest BCUT2D eigenvalue weighted by Gasteiger charge is -2.22. The van der Waals surface area contributed by atoms with E-state index in [4.69, 9.17) is 0 Å². The molecule has 0 unspecified atom stereocenters. The third-order valence-corrected chi connectivity index (χ3v) is 4.43. The second-order valence-corrected chi connectivity index (χ2v) is 6.48. The third kappa shape index (κ3) is 5.05. The Kier molecular flexibility index (Phi) is 5.84. The SMILES string of the molecule is O=C(Nc1ccc(C(=O)NC2CCCCC2)cc1)Nc1cccc(F)c1. The summed E-state index contributed by atoms with van der Waals surface area (Å²) in [7, 11) is 0. The van der Waals surface area contributed by atoms with Gasteiger partial charge in [-0.3, -0.25) is 4.79 Å². The summed E-state index contributed by atoms with van der Waals surface area (Å²) in [6.45, 7) is 0. The maximum Gasteiger partial charge on any atom is 0.323 e. The maximum atomic E-state index is 13.1. The molecule has 5 nitrogen and oxygen atoms in total. The number of nitrogens with one attached hydrogen (secondary N) is 3. The summed E-state index contributed by atoms with van der Waals surface area (Å²) >= 11 is 0. The number of urea groups is 1. The maximum absolute atomic E-state index is 13.1. The highest BCUT2D eigenvalue weighted by atomic mass is 19.1. The smallest absolute Gasteiger partial charge is 0.323 e. The summed E-state index contributed by atoms with van der Waals surface area (Å²) in [4.78, 5) is 24.2. The Labute approximate surface area is 152 Å². The van der Waals surface area contributed by atoms with Gasteiger partial charge < -0.3 is 16.0 Å². The van der Waals surface area contributed by atoms with Crippen molar-refractivity contribution in [2.75, 3.05) is 10.6 Å². The normalized spacial score (nSPS) is 14.5. The van der Waals surface area contributed by atoms with Crippen LogP contribution in [0.3, 0.4) is 0 Å². The van der Waals surface area contributed by atoms with Crippen LogP contribution in [0.2, 0.25) is 0 Å². The number of hydrogen-bond donors (Lipinski definition) is 3. The van der Waals surface area contributed by atoms with Crippen LogP contribution in [0.5, 0.6) is 0 Å². The average Bonchev–Trinajstić information content (AvgIpc) is 2.63. The highest BCUT2D eigenvalue weighted by Crippen LogP contribution is 2.18. The van der Waals surface area contributed by atoms with Gasteiger partial charge in [-0.05, 0) is 55.3 Å². The van der Waals surface area contributed by atoms with Crippen molar-refractivity contribution in [2.24, 2.45) is 0 Å². The van der Waals surface area contributed by atoms with Crippen molar-refractivity contribution < 1.29 is 14.0 Å². The largest absolute Gasteiger partial charge is 0.349 e. The van der Waals surface area contributed by atoms with E-state index in [1.807, 2.05) is 0 Å². The van der Waals surface area contributed by atoms with Gasteiger partial charge in [0.1, 0.15) is 5.82 Å². The Hall–Kier alpha value is -2.89. The lowest BCUT2D eigenvalue weighted by molar-refractivity contribution is 0.0927. The van der Waals surface area contributed by atoms with Crippen LogP contribution in [0.4, 0.5) is 20.6 Å². The molecule has 1 aliphatic rings. The molecule has 0 heterocycles. The van der Waals surface area contributed by atoms with Crippen molar-refractivity contribution in [1.29, 1.82) is 0 Å². The van der Waals surface area contributed by atoms with Crippen molar-refractivity contribution in [3.63, 3.8) is 0 Å². The fourth-order valence-electron chi connectivity index (χ4n) is 3.08. The van der Waals surface area contributed by atoms with Gasteiger partial charge in [-0.2, -0.15) is 0 Å². The first-order chi connectivity index (χ1) is 12.6. The number of rotatable bonds is 4. The molecule has 0 saturated heterocycles. The Morgan fingerprint density at radius 3 is 2.27 bits per heavy atom. The summed E-state index contributed by atoms with van der Waals surface area (Å²) < 4.78 is 13.1. The highest BCUT2D eigenvalue weighted by molar-refractivity contribution is 6.00. The minimum absolute atomic E-state index is 0.0901. The molecular formula is C20H22FN3O2. The zero-order chi connectivity index (χ0) is 18.4. The van der Waals surface area contributed by atoms with Crippen molar-refractivity contribution in [3.8, 4) is 0 Å². The second-order valence-electron chi connectivity index (χ2n) is 6.48. The van der Waals surface area contributed by atoms with Crippen LogP contribution in [0.1, 0.15) is 42.5 Å². The zero-order valence-corrected chi connectivity index (χ0v) is 14.4. The van der Waals surface area contributed by atoms with Gasteiger partial charge >= 0.3 is 6.03 Å². The average molecular weight is 355 g/mol. The second kappa shape index (κ2) is 8.47. The highest BCUT2D eigenvalue weighted by Gasteiger charge is 2.16. The molecule has 1 fully saturated rings. The Morgan fingerprint density at radius 1 is 0.885 bits per heavy atom. The van der Waals surface area contributed by atoms with Crippen molar-refractivity contribution >= 4 is 23.3 Å². The molecule has 0 spiro atoms. The Morgan fingerprint density at radius 2 is 1.58 bits per heavy atom. The van der Waals surface area contributed by atoms with E-state index in [9.17, 15) is 14.0 Å². The predicted octanol–water partition coefficient (Wildman–Crippen LogP) is 4.53. The summed E-state index contributed by atoms with van der Waals surface area (Å²) in [6, 6.07) is 12.1. The fourth-order valence-corrected chi connectivity index (χ4v) is 3.08. The molecule has 1 aliphatic carbocycles. The van der Waals surface area contributed by atoms with Gasteiger partial charge in [0.25, 0.3) is 5.91 Å². The molecule has 136 valence electrons. The number of anilines is 2. The molecule has 3 amide bonds. The molecule has 0 aromatic heterocycles. The first kappa shape index (κ1) is 17.9. The van der Waals surface area contributed by atoms with Crippen molar-refractivity contribution in [2.45, 2.75) is 38.1 Å². The molecule has 3 N–H and O–H groups in total. The molecule has 0 bridgehead atoms. The molecular weight excluding hydrogens is 333 g/mol. The first-order valence-electron chi connectivity index (χ1n) is 8.85. The molecule has 0 atom stereocenters. The molecule has 0 radical (unpaired) electrons. The lowest BCUT2D eigenvalue weighted by Crippen LogP contribution is -2.36. The van der Waals surface area contributed by atoms with Gasteiger partial charge in [-0.1, -0.05) is 25.3 Å². The number of benzene rings is 2. The molecule has 2 aromatic carbocycles. The number of carbonyl (C=O) groups excluding carboxylic acids is 2. The van der Waals surface area contributed by atoms with E-state index in [0.29, 0.717) is 16.9 Å². The molecule has 2 aromatic rings. The van der Waals surface area contributed by atoms with Crippen LogP contribution in [-0.2, 0) is 0 Å². The van der Waals surface area contributed by atoms with Crippen LogP contribution in [0, 0.1) is 5.82 Å². The van der Waals surface area contributed by atoms with E-state index >= 15 is 0 Å². The van der Waals surface area contributed by atoms with Gasteiger partial charge in [-0.25, -0.2) is 9.18 Å². The summed E-state index contributed by atoms with van der Waals surface area (Å²) in [5.41, 5.74) is 1.48. The van der Waals surface area contributed by atoms with Crippen LogP contribution in [-0.4, -0.2) is 18.0 Å². The summed E-state index contributed by atoms with van der Waals surface area (Å²) in [5, 5.41) is 8.27. The van der Waals surface area contributed by atoms with Crippen LogP contribution in [0.25, 0.3) is 0 Å². The van der Waals surface area contributed by atoms with Crippen molar-refractivity contribution in [3.05, 3.63) is 59.9 Å². The van der Waals surface area contributed by atoms with Gasteiger partial charge in [0.2, 0.25) is 0 Å². The topological polar surface area (TPSA) is 70.2 Å². The van der Waals surface area contributed by atoms with E-state index in [1.165, 1.54) is 24.6 Å². The van der Waals surface area contributed by atoms with Gasteiger partial charge in [0, 0.05) is 23.0 Å². The fraction of sp³-hybridized carbons (Fsp3) is 0.300. The summed E-state index contributed by atoms with van der Waals surface area (Å²) in [6.07, 6.45) is 5.63. The number of halogens is 1. The van der Waals surface area contributed by atoms with E-state index in [0.717, 1.165) is 25.7 Å². The van der Waals surface area contributed by atoms with Gasteiger partial charge in [0.15, 0.2) is 0 Å². The monoisotopic (exact) mass is 355 g/mol. The van der Waals surface area contributed by atoms with E-state index in [1.54, 1.807) is 30.3 Å². The minimum Gasteiger partial charge on any atom is -0.349 e. The number of hydrogen-bond acceptors (Lipinski definition) is 2. The van der Waals surface area contributed by atoms with E-state index in [-0.39, 0.29) is 11.9 Å². The first-order valence-corrected chi connectivity index (χ1v) is 8.85. The predicted molar refractivity (Wildman–Crippen MR) is 99.8 cm³/mol. The minimum atomic E-state index is -0.477. The molecule has 26 heavy (non-hydrogen) atoms. The summed E-state index contributed by atoms with van der Waals surface area (Å²) in [5.74, 6) is -0.510. The van der Waals surface area contributed by atoms with Crippen molar-refractivity contribution in [1.82, 2.24) is 5.32 Å². The Bertz CT molecular complexity index is 771. The lowest BCUT2D eigenvalue weighted by atomic mass is 9.95. The number of amides is 3. The molecule has 3 rings (SSSR count). The number of carbonyl (C=O) groups is 2. The van der Waals surface area contributed by atoms with Gasteiger partial charge in [0.05, 0.1) is 0 Å². The third-order valence-electron chi connectivity index (χ3n) is 4.43. The van der Waals surface area contributed by atoms with Crippen LogP contribution < -0.4 is 16.0 Å². The quantitative estimate of drug-likeness (QED) is 0.754. The Balaban J connectivity index is 1.53. The molecule has 1 saturated carbocycles. The van der Waals surface area contributed by atoms with Crippen LogP contribution in [0.15, 0.2) is 48.5 Å². The zero-order valence-electron chi connectivity index (χ0n) is 14.4. The van der Waals surface area contributed by atoms with Crippen LogP contribution >= 0.6 is 0 Å².